The van der Waals surface area contributed by atoms with Crippen molar-refractivity contribution in [2.45, 2.75) is 26.0 Å². The summed E-state index contributed by atoms with van der Waals surface area (Å²) < 4.78 is 7.69. The molecule has 1 unspecified atom stereocenters. The maximum absolute atomic E-state index is 12.1. The van der Waals surface area contributed by atoms with E-state index in [0.717, 1.165) is 30.2 Å². The summed E-state index contributed by atoms with van der Waals surface area (Å²) in [5.74, 6) is 0.823. The minimum Gasteiger partial charge on any atom is -0.370 e. The average Bonchev–Trinajstić information content (AvgIpc) is 3.19. The smallest absolute Gasteiger partial charge is 0.222 e. The lowest BCUT2D eigenvalue weighted by Gasteiger charge is -2.34. The van der Waals surface area contributed by atoms with E-state index < -0.39 is 0 Å². The molecule has 0 radical (unpaired) electrons. The molecule has 8 nitrogen and oxygen atoms in total. The summed E-state index contributed by atoms with van der Waals surface area (Å²) >= 11 is 0. The molecule has 164 valence electrons. The van der Waals surface area contributed by atoms with Gasteiger partial charge in [-0.1, -0.05) is 30.3 Å². The molecule has 2 heterocycles. The van der Waals surface area contributed by atoms with Crippen molar-refractivity contribution in [1.29, 1.82) is 0 Å². The minimum absolute atomic E-state index is 0. The molecule has 2 N–H and O–H groups in total. The average molecular weight is 526 g/mol. The lowest BCUT2D eigenvalue weighted by molar-refractivity contribution is -0.121. The number of amides is 1. The van der Waals surface area contributed by atoms with Gasteiger partial charge in [-0.2, -0.15) is 5.10 Å². The fourth-order valence-electron chi connectivity index (χ4n) is 3.22. The zero-order valence-corrected chi connectivity index (χ0v) is 19.9. The first-order valence-corrected chi connectivity index (χ1v) is 10.1. The number of hydrogen-bond donors (Lipinski definition) is 2. The molecular weight excluding hydrogens is 495 g/mol. The summed E-state index contributed by atoms with van der Waals surface area (Å²) in [5, 5.41) is 10.5. The van der Waals surface area contributed by atoms with Crippen LogP contribution in [0.3, 0.4) is 0 Å². The summed E-state index contributed by atoms with van der Waals surface area (Å²) in [6, 6.07) is 9.90. The van der Waals surface area contributed by atoms with Gasteiger partial charge in [-0.3, -0.25) is 14.5 Å². The molecule has 1 aromatic carbocycles. The number of rotatable bonds is 7. The molecule has 1 amide bonds. The molecule has 1 saturated heterocycles. The van der Waals surface area contributed by atoms with Gasteiger partial charge in [0, 0.05) is 44.9 Å². The Morgan fingerprint density at radius 2 is 2.10 bits per heavy atom. The SMILES string of the molecule is CCNC(=NCCC(=O)NCc1ccccc1)N1CCOC(c2cnn(C)c2)C1.I. The van der Waals surface area contributed by atoms with E-state index in [0.29, 0.717) is 32.7 Å². The Kier molecular flexibility index (Phi) is 10.1. The van der Waals surface area contributed by atoms with E-state index in [9.17, 15) is 4.79 Å². The first-order chi connectivity index (χ1) is 14.2. The number of carbonyl (C=O) groups is 1. The number of nitrogens with zero attached hydrogens (tertiary/aromatic N) is 4. The highest BCUT2D eigenvalue weighted by Gasteiger charge is 2.25. The van der Waals surface area contributed by atoms with Crippen molar-refractivity contribution >= 4 is 35.8 Å². The normalized spacial score (nSPS) is 16.7. The van der Waals surface area contributed by atoms with Crippen LogP contribution in [0.2, 0.25) is 0 Å². The van der Waals surface area contributed by atoms with E-state index in [1.54, 1.807) is 4.68 Å². The van der Waals surface area contributed by atoms with Gasteiger partial charge in [0.2, 0.25) is 5.91 Å². The third kappa shape index (κ3) is 7.28. The van der Waals surface area contributed by atoms with Crippen LogP contribution in [0.5, 0.6) is 0 Å². The molecule has 30 heavy (non-hydrogen) atoms. The third-order valence-electron chi connectivity index (χ3n) is 4.73. The highest BCUT2D eigenvalue weighted by molar-refractivity contribution is 14.0. The van der Waals surface area contributed by atoms with E-state index in [4.69, 9.17) is 4.74 Å². The van der Waals surface area contributed by atoms with Crippen LogP contribution in [0.1, 0.15) is 30.6 Å². The summed E-state index contributed by atoms with van der Waals surface area (Å²) in [7, 11) is 1.90. The first kappa shape index (κ1) is 24.1. The maximum atomic E-state index is 12.1. The number of morpholine rings is 1. The van der Waals surface area contributed by atoms with E-state index in [1.165, 1.54) is 0 Å². The number of aromatic nitrogens is 2. The van der Waals surface area contributed by atoms with Crippen molar-refractivity contribution in [2.75, 3.05) is 32.8 Å². The van der Waals surface area contributed by atoms with Gasteiger partial charge in [0.05, 0.1) is 25.9 Å². The number of ether oxygens (including phenoxy) is 1. The Morgan fingerprint density at radius 3 is 2.80 bits per heavy atom. The Labute approximate surface area is 195 Å². The minimum atomic E-state index is -0.0320. The molecule has 1 aliphatic heterocycles. The number of hydrogen-bond acceptors (Lipinski definition) is 4. The number of halogens is 1. The van der Waals surface area contributed by atoms with Gasteiger partial charge in [-0.15, -0.1) is 24.0 Å². The van der Waals surface area contributed by atoms with Gasteiger partial charge in [0.25, 0.3) is 0 Å². The van der Waals surface area contributed by atoms with Crippen LogP contribution in [0.4, 0.5) is 0 Å². The third-order valence-corrected chi connectivity index (χ3v) is 4.73. The number of guanidine groups is 1. The molecule has 1 atom stereocenters. The standard InChI is InChI=1S/C21H30N6O2.HI/c1-3-22-21(23-10-9-20(28)24-13-17-7-5-4-6-8-17)27-11-12-29-19(16-27)18-14-25-26(2)15-18;/h4-8,14-15,19H,3,9-13,16H2,1-2H3,(H,22,23)(H,24,28);1H. The van der Waals surface area contributed by atoms with Crippen LogP contribution in [-0.2, 0) is 23.1 Å². The van der Waals surface area contributed by atoms with Crippen molar-refractivity contribution in [1.82, 2.24) is 25.3 Å². The quantitative estimate of drug-likeness (QED) is 0.328. The summed E-state index contributed by atoms with van der Waals surface area (Å²) in [5.41, 5.74) is 2.15. The monoisotopic (exact) mass is 526 g/mol. The van der Waals surface area contributed by atoms with Crippen molar-refractivity contribution in [2.24, 2.45) is 12.0 Å². The zero-order chi connectivity index (χ0) is 20.5. The van der Waals surface area contributed by atoms with Gasteiger partial charge < -0.3 is 20.3 Å². The molecule has 2 aromatic rings. The Morgan fingerprint density at radius 1 is 1.30 bits per heavy atom. The predicted molar refractivity (Wildman–Crippen MR) is 128 cm³/mol. The second-order valence-corrected chi connectivity index (χ2v) is 7.00. The van der Waals surface area contributed by atoms with Crippen molar-refractivity contribution in [3.63, 3.8) is 0 Å². The fraction of sp³-hybridized carbons (Fsp3) is 0.476. The summed E-state index contributed by atoms with van der Waals surface area (Å²) in [6.45, 7) is 5.90. The van der Waals surface area contributed by atoms with Crippen LogP contribution < -0.4 is 10.6 Å². The first-order valence-electron chi connectivity index (χ1n) is 10.1. The molecule has 0 bridgehead atoms. The van der Waals surface area contributed by atoms with Crippen LogP contribution in [-0.4, -0.2) is 59.3 Å². The second kappa shape index (κ2) is 12.5. The Hall–Kier alpha value is -2.14. The van der Waals surface area contributed by atoms with Gasteiger partial charge >= 0.3 is 0 Å². The largest absolute Gasteiger partial charge is 0.370 e. The van der Waals surface area contributed by atoms with E-state index in [-0.39, 0.29) is 36.0 Å². The lowest BCUT2D eigenvalue weighted by atomic mass is 10.1. The molecule has 0 spiro atoms. The number of aliphatic imine (C=N–C) groups is 1. The number of aryl methyl sites for hydroxylation is 1. The van der Waals surface area contributed by atoms with Gasteiger partial charge in [0.15, 0.2) is 5.96 Å². The van der Waals surface area contributed by atoms with Crippen molar-refractivity contribution in [3.05, 3.63) is 53.9 Å². The van der Waals surface area contributed by atoms with Crippen molar-refractivity contribution in [3.8, 4) is 0 Å². The number of nitrogens with one attached hydrogen (secondary N) is 2. The number of benzene rings is 1. The number of carbonyl (C=O) groups excluding carboxylic acids is 1. The van der Waals surface area contributed by atoms with Gasteiger partial charge in [-0.25, -0.2) is 0 Å². The molecule has 3 rings (SSSR count). The van der Waals surface area contributed by atoms with Crippen LogP contribution in [0, 0.1) is 0 Å². The topological polar surface area (TPSA) is 83.8 Å². The predicted octanol–water partition coefficient (Wildman–Crippen LogP) is 2.08. The molecular formula is C21H31IN6O2. The second-order valence-electron chi connectivity index (χ2n) is 7.00. The van der Waals surface area contributed by atoms with Crippen LogP contribution in [0.15, 0.2) is 47.7 Å². The summed E-state index contributed by atoms with van der Waals surface area (Å²) in [4.78, 5) is 19.0. The zero-order valence-electron chi connectivity index (χ0n) is 17.6. The molecule has 1 aliphatic rings. The van der Waals surface area contributed by atoms with Gasteiger partial charge in [-0.05, 0) is 12.5 Å². The van der Waals surface area contributed by atoms with Crippen LogP contribution >= 0.6 is 24.0 Å². The lowest BCUT2D eigenvalue weighted by Crippen LogP contribution is -2.48. The molecule has 0 aliphatic carbocycles. The molecule has 1 fully saturated rings. The van der Waals surface area contributed by atoms with E-state index in [1.807, 2.05) is 56.7 Å². The van der Waals surface area contributed by atoms with E-state index in [2.05, 4.69) is 25.6 Å². The van der Waals surface area contributed by atoms with Crippen LogP contribution in [0.25, 0.3) is 0 Å². The Bertz CT molecular complexity index is 811. The fourth-order valence-corrected chi connectivity index (χ4v) is 3.22. The Balaban J connectivity index is 0.00000320. The molecule has 1 aromatic heterocycles. The molecule has 0 saturated carbocycles. The van der Waals surface area contributed by atoms with Gasteiger partial charge in [0.1, 0.15) is 6.10 Å². The highest BCUT2D eigenvalue weighted by atomic mass is 127. The maximum Gasteiger partial charge on any atom is 0.222 e. The van der Waals surface area contributed by atoms with E-state index >= 15 is 0 Å². The molecule has 9 heteroatoms. The van der Waals surface area contributed by atoms with Crippen molar-refractivity contribution < 1.29 is 9.53 Å². The highest BCUT2D eigenvalue weighted by Crippen LogP contribution is 2.21. The summed E-state index contributed by atoms with van der Waals surface area (Å²) in [6.07, 6.45) is 4.15.